The van der Waals surface area contributed by atoms with Gasteiger partial charge in [0.05, 0.1) is 12.5 Å². The zero-order chi connectivity index (χ0) is 20.5. The number of ether oxygens (including phenoxy) is 1. The molecule has 0 spiro atoms. The molecule has 0 unspecified atom stereocenters. The highest BCUT2D eigenvalue weighted by molar-refractivity contribution is 5.78. The molecule has 0 aliphatic rings. The Labute approximate surface area is 166 Å². The lowest BCUT2D eigenvalue weighted by molar-refractivity contribution is 0.414. The number of fused-ring (bicyclic) bond motifs is 2. The summed E-state index contributed by atoms with van der Waals surface area (Å²) in [5.41, 5.74) is 1.79. The number of hydrogen-bond donors (Lipinski definition) is 0. The van der Waals surface area contributed by atoms with Crippen molar-refractivity contribution in [3.8, 4) is 11.8 Å². The summed E-state index contributed by atoms with van der Waals surface area (Å²) in [6.07, 6.45) is 2.18. The van der Waals surface area contributed by atoms with Crippen LogP contribution in [0, 0.1) is 18.3 Å². The van der Waals surface area contributed by atoms with Crippen LogP contribution in [-0.4, -0.2) is 21.1 Å². The lowest BCUT2D eigenvalue weighted by Crippen LogP contribution is -2.28. The molecule has 29 heavy (non-hydrogen) atoms. The first-order chi connectivity index (χ1) is 14.0. The average molecular weight is 386 g/mol. The van der Waals surface area contributed by atoms with Gasteiger partial charge in [0.2, 0.25) is 0 Å². The van der Waals surface area contributed by atoms with Gasteiger partial charge in [0.15, 0.2) is 5.65 Å². The predicted octanol–water partition coefficient (Wildman–Crippen LogP) is 2.44. The summed E-state index contributed by atoms with van der Waals surface area (Å²) < 4.78 is 8.03. The van der Waals surface area contributed by atoms with Crippen LogP contribution in [0.1, 0.15) is 16.7 Å². The molecule has 3 aromatic heterocycles. The quantitative estimate of drug-likeness (QED) is 0.503. The summed E-state index contributed by atoms with van der Waals surface area (Å²) in [5, 5.41) is 9.64. The summed E-state index contributed by atoms with van der Waals surface area (Å²) in [6.45, 7) is 2.16. The molecule has 1 aromatic carbocycles. The fourth-order valence-electron chi connectivity index (χ4n) is 3.40. The molecule has 3 heterocycles. The second-order valence-corrected chi connectivity index (χ2v) is 6.76. The third kappa shape index (κ3) is 3.15. The minimum absolute atomic E-state index is 0.0706. The van der Waals surface area contributed by atoms with Crippen LogP contribution in [0.5, 0.6) is 5.75 Å². The number of benzene rings is 1. The zero-order valence-corrected chi connectivity index (χ0v) is 16.0. The van der Waals surface area contributed by atoms with E-state index < -0.39 is 5.56 Å². The zero-order valence-electron chi connectivity index (χ0n) is 16.0. The number of rotatable bonds is 4. The van der Waals surface area contributed by atoms with E-state index in [2.05, 4.69) is 4.98 Å². The van der Waals surface area contributed by atoms with Crippen molar-refractivity contribution in [2.45, 2.75) is 19.9 Å². The molecule has 4 rings (SSSR count). The third-order valence-corrected chi connectivity index (χ3v) is 4.99. The van der Waals surface area contributed by atoms with E-state index in [0.29, 0.717) is 24.3 Å². The van der Waals surface area contributed by atoms with Crippen LogP contribution in [0.25, 0.3) is 16.7 Å². The molecule has 7 heteroatoms. The molecule has 0 aliphatic carbocycles. The highest BCUT2D eigenvalue weighted by atomic mass is 16.5. The van der Waals surface area contributed by atoms with E-state index in [1.54, 1.807) is 19.4 Å². The number of methoxy groups -OCH3 is 1. The molecule has 0 saturated carbocycles. The number of aromatic nitrogens is 3. The first-order valence-electron chi connectivity index (χ1n) is 9.12. The Morgan fingerprint density at radius 3 is 2.55 bits per heavy atom. The summed E-state index contributed by atoms with van der Waals surface area (Å²) in [5.74, 6) is 0.750. The predicted molar refractivity (Wildman–Crippen MR) is 109 cm³/mol. The Balaban J connectivity index is 1.91. The van der Waals surface area contributed by atoms with E-state index in [9.17, 15) is 14.9 Å². The molecule has 0 radical (unpaired) electrons. The highest BCUT2D eigenvalue weighted by Gasteiger charge is 2.15. The number of hydrogen-bond acceptors (Lipinski definition) is 5. The summed E-state index contributed by atoms with van der Waals surface area (Å²) in [4.78, 5) is 30.5. The van der Waals surface area contributed by atoms with Crippen molar-refractivity contribution >= 4 is 16.7 Å². The van der Waals surface area contributed by atoms with Gasteiger partial charge in [-0.2, -0.15) is 5.26 Å². The minimum atomic E-state index is -0.446. The normalized spacial score (nSPS) is 10.9. The van der Waals surface area contributed by atoms with Crippen molar-refractivity contribution in [2.24, 2.45) is 0 Å². The van der Waals surface area contributed by atoms with Crippen LogP contribution in [0.4, 0.5) is 0 Å². The van der Waals surface area contributed by atoms with Crippen LogP contribution in [0.3, 0.4) is 0 Å². The van der Waals surface area contributed by atoms with Gasteiger partial charge in [-0.05, 0) is 48.7 Å². The minimum Gasteiger partial charge on any atom is -0.497 e. The molecule has 0 atom stereocenters. The maximum atomic E-state index is 13.0. The molecular weight excluding hydrogens is 368 g/mol. The maximum Gasteiger partial charge on any atom is 0.270 e. The lowest BCUT2D eigenvalue weighted by Gasteiger charge is -2.12. The Kier molecular flexibility index (Phi) is 4.61. The number of pyridine rings is 2. The van der Waals surface area contributed by atoms with Gasteiger partial charge in [0, 0.05) is 12.7 Å². The van der Waals surface area contributed by atoms with Gasteiger partial charge in [-0.1, -0.05) is 18.2 Å². The first-order valence-corrected chi connectivity index (χ1v) is 9.12. The Morgan fingerprint density at radius 1 is 1.10 bits per heavy atom. The third-order valence-electron chi connectivity index (χ3n) is 4.99. The van der Waals surface area contributed by atoms with Gasteiger partial charge in [0.1, 0.15) is 23.0 Å². The molecule has 0 amide bonds. The summed E-state index contributed by atoms with van der Waals surface area (Å²) in [7, 11) is 1.60. The van der Waals surface area contributed by atoms with Crippen molar-refractivity contribution in [2.75, 3.05) is 7.11 Å². The lowest BCUT2D eigenvalue weighted by atomic mass is 10.1. The van der Waals surface area contributed by atoms with Crippen LogP contribution in [0.15, 0.2) is 58.3 Å². The van der Waals surface area contributed by atoms with E-state index in [0.717, 1.165) is 16.9 Å². The Morgan fingerprint density at radius 2 is 1.86 bits per heavy atom. The first kappa shape index (κ1) is 18.4. The maximum absolute atomic E-state index is 13.0. The Hall–Kier alpha value is -3.92. The van der Waals surface area contributed by atoms with Crippen molar-refractivity contribution in [1.29, 1.82) is 5.26 Å². The fourth-order valence-corrected chi connectivity index (χ4v) is 3.40. The monoisotopic (exact) mass is 386 g/mol. The van der Waals surface area contributed by atoms with Gasteiger partial charge < -0.3 is 4.74 Å². The second-order valence-electron chi connectivity index (χ2n) is 6.76. The van der Waals surface area contributed by atoms with Crippen molar-refractivity contribution < 1.29 is 4.74 Å². The standard InChI is InChI=1S/C22H18N4O3/c1-14-4-3-10-25-19(14)24-20-18(22(25)28)12-16(13-23)21(27)26(20)11-9-15-5-7-17(29-2)8-6-15/h3-8,10,12H,9,11H2,1-2H3. The summed E-state index contributed by atoms with van der Waals surface area (Å²) in [6, 6.07) is 14.4. The SMILES string of the molecule is COc1ccc(CCn2c(=O)c(C#N)cc3c(=O)n4cccc(C)c4nc32)cc1. The van der Waals surface area contributed by atoms with E-state index in [-0.39, 0.29) is 16.5 Å². The van der Waals surface area contributed by atoms with Crippen LogP contribution >= 0.6 is 0 Å². The molecule has 0 aliphatic heterocycles. The van der Waals surface area contributed by atoms with Crippen molar-refractivity contribution in [1.82, 2.24) is 14.0 Å². The fraction of sp³-hybridized carbons (Fsp3) is 0.182. The van der Waals surface area contributed by atoms with E-state index in [1.807, 2.05) is 43.3 Å². The van der Waals surface area contributed by atoms with Gasteiger partial charge in [0.25, 0.3) is 11.1 Å². The van der Waals surface area contributed by atoms with Crippen LogP contribution < -0.4 is 15.9 Å². The molecule has 0 bridgehead atoms. The molecule has 7 nitrogen and oxygen atoms in total. The Bertz CT molecular complexity index is 1390. The molecule has 144 valence electrons. The molecule has 0 fully saturated rings. The number of nitrogens with zero attached hydrogens (tertiary/aromatic N) is 4. The van der Waals surface area contributed by atoms with Crippen molar-refractivity contribution in [3.05, 3.63) is 86.1 Å². The molecular formula is C22H18N4O3. The van der Waals surface area contributed by atoms with Crippen LogP contribution in [-0.2, 0) is 13.0 Å². The summed E-state index contributed by atoms with van der Waals surface area (Å²) >= 11 is 0. The van der Waals surface area contributed by atoms with Crippen LogP contribution in [0.2, 0.25) is 0 Å². The highest BCUT2D eigenvalue weighted by Crippen LogP contribution is 2.15. The number of aryl methyl sites for hydroxylation is 3. The van der Waals surface area contributed by atoms with Gasteiger partial charge >= 0.3 is 0 Å². The topological polar surface area (TPSA) is 89.4 Å². The molecule has 0 N–H and O–H groups in total. The van der Waals surface area contributed by atoms with E-state index in [4.69, 9.17) is 4.74 Å². The second kappa shape index (κ2) is 7.24. The van der Waals surface area contributed by atoms with Gasteiger partial charge in [-0.3, -0.25) is 18.6 Å². The average Bonchev–Trinajstić information content (AvgIpc) is 2.74. The van der Waals surface area contributed by atoms with Gasteiger partial charge in [-0.25, -0.2) is 4.98 Å². The smallest absolute Gasteiger partial charge is 0.270 e. The largest absolute Gasteiger partial charge is 0.497 e. The number of nitriles is 1. The molecule has 4 aromatic rings. The molecule has 0 saturated heterocycles. The van der Waals surface area contributed by atoms with E-state index in [1.165, 1.54) is 15.0 Å². The van der Waals surface area contributed by atoms with Gasteiger partial charge in [-0.15, -0.1) is 0 Å². The van der Waals surface area contributed by atoms with E-state index >= 15 is 0 Å². The van der Waals surface area contributed by atoms with Crippen molar-refractivity contribution in [3.63, 3.8) is 0 Å².